The van der Waals surface area contributed by atoms with Crippen molar-refractivity contribution in [1.82, 2.24) is 4.90 Å². The lowest BCUT2D eigenvalue weighted by Crippen LogP contribution is -2.22. The maximum atomic E-state index is 11.8. The van der Waals surface area contributed by atoms with Gasteiger partial charge in [-0.25, -0.2) is 4.79 Å². The SMILES string of the molecule is COC(=O)c1cccc(CN(Cc2cccs2)Cc2ccccc2OC)c1. The van der Waals surface area contributed by atoms with Gasteiger partial charge in [0.2, 0.25) is 0 Å². The predicted octanol–water partition coefficient (Wildman–Crippen LogP) is 4.75. The first-order valence-corrected chi connectivity index (χ1v) is 9.61. The highest BCUT2D eigenvalue weighted by Gasteiger charge is 2.13. The van der Waals surface area contributed by atoms with Gasteiger partial charge in [0.05, 0.1) is 19.8 Å². The number of ether oxygens (including phenoxy) is 2. The summed E-state index contributed by atoms with van der Waals surface area (Å²) in [4.78, 5) is 15.5. The Bertz CT molecular complexity index is 877. The highest BCUT2D eigenvalue weighted by atomic mass is 32.1. The molecule has 3 rings (SSSR count). The third kappa shape index (κ3) is 5.18. The summed E-state index contributed by atoms with van der Waals surface area (Å²) < 4.78 is 10.4. The number of carbonyl (C=O) groups excluding carboxylic acids is 1. The van der Waals surface area contributed by atoms with Crippen molar-refractivity contribution in [2.24, 2.45) is 0 Å². The Hall–Kier alpha value is -2.63. The molecular formula is C22H23NO3S. The van der Waals surface area contributed by atoms with E-state index in [0.29, 0.717) is 5.56 Å². The number of para-hydroxylation sites is 1. The number of carbonyl (C=O) groups is 1. The Balaban J connectivity index is 1.83. The Labute approximate surface area is 164 Å². The molecule has 1 heterocycles. The molecule has 0 radical (unpaired) electrons. The Morgan fingerprint density at radius 2 is 1.81 bits per heavy atom. The zero-order valence-corrected chi connectivity index (χ0v) is 16.4. The minimum atomic E-state index is -0.314. The maximum Gasteiger partial charge on any atom is 0.337 e. The van der Waals surface area contributed by atoms with E-state index >= 15 is 0 Å². The topological polar surface area (TPSA) is 38.8 Å². The second-order valence-corrected chi connectivity index (χ2v) is 7.26. The van der Waals surface area contributed by atoms with Crippen LogP contribution in [0.5, 0.6) is 5.75 Å². The van der Waals surface area contributed by atoms with Gasteiger partial charge in [-0.05, 0) is 35.2 Å². The van der Waals surface area contributed by atoms with Crippen molar-refractivity contribution in [2.45, 2.75) is 19.6 Å². The summed E-state index contributed by atoms with van der Waals surface area (Å²) in [5, 5.41) is 2.09. The molecule has 5 heteroatoms. The van der Waals surface area contributed by atoms with E-state index in [-0.39, 0.29) is 5.97 Å². The fourth-order valence-corrected chi connectivity index (χ4v) is 3.78. The maximum absolute atomic E-state index is 11.8. The highest BCUT2D eigenvalue weighted by molar-refractivity contribution is 7.09. The monoisotopic (exact) mass is 381 g/mol. The number of hydrogen-bond donors (Lipinski definition) is 0. The van der Waals surface area contributed by atoms with Crippen LogP contribution in [0.15, 0.2) is 66.0 Å². The molecule has 0 unspecified atom stereocenters. The lowest BCUT2D eigenvalue weighted by Gasteiger charge is -2.23. The Morgan fingerprint density at radius 3 is 2.56 bits per heavy atom. The van der Waals surface area contributed by atoms with Crippen LogP contribution in [0.1, 0.15) is 26.4 Å². The van der Waals surface area contributed by atoms with Gasteiger partial charge in [-0.2, -0.15) is 0 Å². The second-order valence-electron chi connectivity index (χ2n) is 6.23. The van der Waals surface area contributed by atoms with E-state index in [1.165, 1.54) is 12.0 Å². The number of esters is 1. The van der Waals surface area contributed by atoms with Crippen molar-refractivity contribution >= 4 is 17.3 Å². The van der Waals surface area contributed by atoms with Crippen LogP contribution in [-0.2, 0) is 24.4 Å². The normalized spacial score (nSPS) is 10.8. The van der Waals surface area contributed by atoms with Crippen LogP contribution in [0, 0.1) is 0 Å². The van der Waals surface area contributed by atoms with Crippen LogP contribution in [0.25, 0.3) is 0 Å². The molecular weight excluding hydrogens is 358 g/mol. The van der Waals surface area contributed by atoms with Crippen LogP contribution < -0.4 is 4.74 Å². The molecule has 27 heavy (non-hydrogen) atoms. The molecule has 0 N–H and O–H groups in total. The molecule has 1 aromatic heterocycles. The number of benzene rings is 2. The summed E-state index contributed by atoms with van der Waals surface area (Å²) in [6, 6.07) is 19.9. The summed E-state index contributed by atoms with van der Waals surface area (Å²) in [6.07, 6.45) is 0. The van der Waals surface area contributed by atoms with Gasteiger partial charge in [0.15, 0.2) is 0 Å². The van der Waals surface area contributed by atoms with Gasteiger partial charge in [0, 0.05) is 30.1 Å². The van der Waals surface area contributed by atoms with Crippen LogP contribution in [0.2, 0.25) is 0 Å². The molecule has 0 atom stereocenters. The predicted molar refractivity (Wildman–Crippen MR) is 108 cm³/mol. The van der Waals surface area contributed by atoms with Crippen molar-refractivity contribution in [2.75, 3.05) is 14.2 Å². The molecule has 140 valence electrons. The van der Waals surface area contributed by atoms with Crippen molar-refractivity contribution in [1.29, 1.82) is 0 Å². The summed E-state index contributed by atoms with van der Waals surface area (Å²) >= 11 is 1.75. The first-order valence-electron chi connectivity index (χ1n) is 8.73. The quantitative estimate of drug-likeness (QED) is 0.528. The number of thiophene rings is 1. The molecule has 3 aromatic rings. The molecule has 2 aromatic carbocycles. The van der Waals surface area contributed by atoms with Gasteiger partial charge < -0.3 is 9.47 Å². The first-order chi connectivity index (χ1) is 13.2. The molecule has 0 fully saturated rings. The van der Waals surface area contributed by atoms with E-state index < -0.39 is 0 Å². The van der Waals surface area contributed by atoms with E-state index in [2.05, 4.69) is 28.5 Å². The van der Waals surface area contributed by atoms with Crippen LogP contribution in [0.4, 0.5) is 0 Å². The average molecular weight is 381 g/mol. The molecule has 0 spiro atoms. The third-order valence-corrected chi connectivity index (χ3v) is 5.16. The number of hydrogen-bond acceptors (Lipinski definition) is 5. The van der Waals surface area contributed by atoms with E-state index in [9.17, 15) is 4.79 Å². The fourth-order valence-electron chi connectivity index (χ4n) is 3.04. The van der Waals surface area contributed by atoms with Gasteiger partial charge in [-0.1, -0.05) is 36.4 Å². The van der Waals surface area contributed by atoms with Crippen LogP contribution >= 0.6 is 11.3 Å². The smallest absolute Gasteiger partial charge is 0.337 e. The molecule has 0 saturated heterocycles. The Morgan fingerprint density at radius 1 is 0.963 bits per heavy atom. The first kappa shape index (κ1) is 19.1. The summed E-state index contributed by atoms with van der Waals surface area (Å²) in [6.45, 7) is 2.31. The number of rotatable bonds is 8. The zero-order chi connectivity index (χ0) is 19.1. The molecule has 0 bridgehead atoms. The van der Waals surface area contributed by atoms with E-state index in [0.717, 1.165) is 36.5 Å². The number of methoxy groups -OCH3 is 2. The summed E-state index contributed by atoms with van der Waals surface area (Å²) in [7, 11) is 3.10. The van der Waals surface area contributed by atoms with E-state index in [1.54, 1.807) is 24.5 Å². The average Bonchev–Trinajstić information content (AvgIpc) is 3.21. The third-order valence-electron chi connectivity index (χ3n) is 4.30. The van der Waals surface area contributed by atoms with E-state index in [4.69, 9.17) is 9.47 Å². The molecule has 4 nitrogen and oxygen atoms in total. The summed E-state index contributed by atoms with van der Waals surface area (Å²) in [5.41, 5.74) is 2.79. The lowest BCUT2D eigenvalue weighted by molar-refractivity contribution is 0.0600. The van der Waals surface area contributed by atoms with Crippen LogP contribution in [0.3, 0.4) is 0 Å². The van der Waals surface area contributed by atoms with Gasteiger partial charge in [-0.3, -0.25) is 4.90 Å². The fraction of sp³-hybridized carbons (Fsp3) is 0.227. The molecule has 0 amide bonds. The Kier molecular flexibility index (Phi) is 6.63. The minimum absolute atomic E-state index is 0.314. The van der Waals surface area contributed by atoms with Gasteiger partial charge in [-0.15, -0.1) is 11.3 Å². The molecule has 0 aliphatic heterocycles. The van der Waals surface area contributed by atoms with Crippen molar-refractivity contribution in [3.8, 4) is 5.75 Å². The van der Waals surface area contributed by atoms with Crippen LogP contribution in [-0.4, -0.2) is 25.1 Å². The van der Waals surface area contributed by atoms with Crippen molar-refractivity contribution in [3.63, 3.8) is 0 Å². The largest absolute Gasteiger partial charge is 0.496 e. The summed E-state index contributed by atoms with van der Waals surface area (Å²) in [5.74, 6) is 0.573. The zero-order valence-electron chi connectivity index (χ0n) is 15.6. The van der Waals surface area contributed by atoms with E-state index in [1.807, 2.05) is 36.4 Å². The van der Waals surface area contributed by atoms with Gasteiger partial charge in [0.25, 0.3) is 0 Å². The van der Waals surface area contributed by atoms with Crippen molar-refractivity contribution in [3.05, 3.63) is 87.6 Å². The van der Waals surface area contributed by atoms with Gasteiger partial charge in [0.1, 0.15) is 5.75 Å². The molecule has 0 saturated carbocycles. The number of nitrogens with zero attached hydrogens (tertiary/aromatic N) is 1. The molecule has 0 aliphatic rings. The highest BCUT2D eigenvalue weighted by Crippen LogP contribution is 2.23. The van der Waals surface area contributed by atoms with Gasteiger partial charge >= 0.3 is 5.97 Å². The minimum Gasteiger partial charge on any atom is -0.496 e. The molecule has 0 aliphatic carbocycles. The standard InChI is InChI=1S/C22H23NO3S/c1-25-21-11-4-3-8-19(21)15-23(16-20-10-6-12-27-20)14-17-7-5-9-18(13-17)22(24)26-2/h3-13H,14-16H2,1-2H3. The lowest BCUT2D eigenvalue weighted by atomic mass is 10.1. The second kappa shape index (κ2) is 9.35. The van der Waals surface area contributed by atoms with Crippen molar-refractivity contribution < 1.29 is 14.3 Å².